The topological polar surface area (TPSA) is 251 Å². The molecule has 286 valence electrons. The first-order chi connectivity index (χ1) is 24.5. The molecule has 2 fully saturated rings. The number of nitrogens with zero attached hydrogens (tertiary/aromatic N) is 4. The molecule has 0 bridgehead atoms. The van der Waals surface area contributed by atoms with Crippen LogP contribution >= 0.6 is 7.75 Å². The molecule has 1 saturated heterocycles. The summed E-state index contributed by atoms with van der Waals surface area (Å²) in [5.41, 5.74) is 4.16. The van der Waals surface area contributed by atoms with Crippen molar-refractivity contribution in [2.75, 3.05) is 19.1 Å². The van der Waals surface area contributed by atoms with E-state index in [4.69, 9.17) is 43.2 Å². The molecule has 20 heteroatoms. The number of ether oxygens (including phenoxy) is 6. The van der Waals surface area contributed by atoms with Crippen molar-refractivity contribution < 1.29 is 61.2 Å². The molecule has 0 spiro atoms. The highest BCUT2D eigenvalue weighted by atomic mass is 31.2. The smallest absolute Gasteiger partial charge is 0.461 e. The lowest BCUT2D eigenvalue weighted by Gasteiger charge is -2.29. The molecular formula is C32H45N6O13P. The van der Waals surface area contributed by atoms with Crippen LogP contribution in [-0.4, -0.2) is 88.6 Å². The Morgan fingerprint density at radius 3 is 2.31 bits per heavy atom. The van der Waals surface area contributed by atoms with Crippen LogP contribution in [0, 0.1) is 23.2 Å². The van der Waals surface area contributed by atoms with Crippen LogP contribution in [0.5, 0.6) is 0 Å². The van der Waals surface area contributed by atoms with Gasteiger partial charge < -0.3 is 34.2 Å². The molecule has 2 aromatic heterocycles. The van der Waals surface area contributed by atoms with E-state index in [9.17, 15) is 29.0 Å². The van der Waals surface area contributed by atoms with E-state index in [2.05, 4.69) is 21.2 Å². The van der Waals surface area contributed by atoms with E-state index in [0.29, 0.717) is 18.4 Å². The summed E-state index contributed by atoms with van der Waals surface area (Å²) in [6, 6.07) is 3.80. The number of carbonyl (C=O) groups excluding carboxylic acids is 4. The molecule has 19 nitrogen and oxygen atoms in total. The summed E-state index contributed by atoms with van der Waals surface area (Å²) in [4.78, 5) is 55.0. The van der Waals surface area contributed by atoms with Crippen LogP contribution in [0.3, 0.4) is 0 Å². The summed E-state index contributed by atoms with van der Waals surface area (Å²) in [6.45, 7) is 9.11. The van der Waals surface area contributed by atoms with Crippen LogP contribution < -0.4 is 10.8 Å². The van der Waals surface area contributed by atoms with Gasteiger partial charge in [-0.3, -0.25) is 23.4 Å². The van der Waals surface area contributed by atoms with Crippen molar-refractivity contribution in [2.45, 2.75) is 110 Å². The second kappa shape index (κ2) is 17.0. The number of fused-ring (bicyclic) bond motifs is 1. The number of hydrogen-bond acceptors (Lipinski definition) is 17. The van der Waals surface area contributed by atoms with Crippen molar-refractivity contribution in [3.8, 4) is 6.07 Å². The summed E-state index contributed by atoms with van der Waals surface area (Å²) in [7, 11) is -4.64. The second-order valence-electron chi connectivity index (χ2n) is 13.2. The lowest BCUT2D eigenvalue weighted by atomic mass is 9.92. The van der Waals surface area contributed by atoms with Crippen LogP contribution in [0.1, 0.15) is 73.4 Å². The summed E-state index contributed by atoms with van der Waals surface area (Å²) in [5, 5.41) is 17.5. The molecule has 0 unspecified atom stereocenters. The van der Waals surface area contributed by atoms with E-state index in [0.717, 1.165) is 12.7 Å². The number of nitriles is 1. The maximum absolute atomic E-state index is 14.2. The van der Waals surface area contributed by atoms with Crippen molar-refractivity contribution >= 4 is 43.1 Å². The third-order valence-electron chi connectivity index (χ3n) is 8.05. The Morgan fingerprint density at radius 1 is 1.04 bits per heavy atom. The van der Waals surface area contributed by atoms with Crippen LogP contribution in [-0.2, 0) is 62.0 Å². The Morgan fingerprint density at radius 2 is 1.71 bits per heavy atom. The fourth-order valence-electron chi connectivity index (χ4n) is 5.03. The number of hydrogen-bond donors (Lipinski definition) is 2. The SMILES string of the molecule is CC(C)OC(=O)OCO[P@](=O)(N[C@@H](C)C(=O)OC1CCC1)OC[C@H]1O[C@@](C#N)(c2ccc3c(N)ncnn23)[C@H](OC(=O)C(C)C)[C@@H]1OC(=O)C(C)C. The average molecular weight is 753 g/mol. The molecule has 0 aromatic carbocycles. The summed E-state index contributed by atoms with van der Waals surface area (Å²) in [6.07, 6.45) is -3.17. The van der Waals surface area contributed by atoms with Gasteiger partial charge in [0.05, 0.1) is 30.2 Å². The summed E-state index contributed by atoms with van der Waals surface area (Å²) < 4.78 is 59.7. The highest BCUT2D eigenvalue weighted by molar-refractivity contribution is 7.51. The Kier molecular flexibility index (Phi) is 13.2. The number of aromatic nitrogens is 3. The van der Waals surface area contributed by atoms with Gasteiger partial charge in [0.1, 0.15) is 36.2 Å². The number of nitrogens with two attached hydrogens (primary N) is 1. The van der Waals surface area contributed by atoms with E-state index >= 15 is 0 Å². The molecule has 6 atom stereocenters. The predicted molar refractivity (Wildman–Crippen MR) is 178 cm³/mol. The van der Waals surface area contributed by atoms with Crippen LogP contribution in [0.15, 0.2) is 18.5 Å². The van der Waals surface area contributed by atoms with Crippen molar-refractivity contribution in [3.05, 3.63) is 24.2 Å². The second-order valence-corrected chi connectivity index (χ2v) is 14.9. The average Bonchev–Trinajstić information content (AvgIpc) is 3.62. The molecule has 0 amide bonds. The van der Waals surface area contributed by atoms with Crippen molar-refractivity contribution in [1.29, 1.82) is 5.26 Å². The third-order valence-corrected chi connectivity index (χ3v) is 9.69. The minimum atomic E-state index is -4.64. The molecule has 0 radical (unpaired) electrons. The van der Waals surface area contributed by atoms with Crippen LogP contribution in [0.2, 0.25) is 0 Å². The maximum Gasteiger partial charge on any atom is 0.510 e. The minimum Gasteiger partial charge on any atom is -0.461 e. The van der Waals surface area contributed by atoms with Gasteiger partial charge in [0.25, 0.3) is 0 Å². The number of nitrogens with one attached hydrogen (secondary N) is 1. The number of esters is 3. The summed E-state index contributed by atoms with van der Waals surface area (Å²) in [5.74, 6) is -3.54. The molecule has 1 aliphatic carbocycles. The van der Waals surface area contributed by atoms with Crippen molar-refractivity contribution in [1.82, 2.24) is 19.7 Å². The van der Waals surface area contributed by atoms with Crippen LogP contribution in [0.4, 0.5) is 10.6 Å². The van der Waals surface area contributed by atoms with E-state index in [1.165, 1.54) is 23.6 Å². The van der Waals surface area contributed by atoms with Gasteiger partial charge >= 0.3 is 31.8 Å². The van der Waals surface area contributed by atoms with Gasteiger partial charge in [-0.1, -0.05) is 27.7 Å². The predicted octanol–water partition coefficient (Wildman–Crippen LogP) is 3.30. The van der Waals surface area contributed by atoms with Crippen LogP contribution in [0.25, 0.3) is 5.52 Å². The maximum atomic E-state index is 14.2. The standard InChI is InChI=1S/C32H45N6O13P/c1-17(2)28(39)49-25-23(13-45-52(43,46-16-44-31(42)47-19(5)6)37-20(7)30(41)48-21-9-8-10-21)51-32(14-33,26(25)50-29(40)18(3)4)24-12-11-22-27(34)35-15-36-38(22)24/h11-12,15,17-21,23,25-26H,8-10,13,16H2,1-7H3,(H,37,43)(H2,34,35,36)/t20-,23+,25+,26+,32-,52-/m0/s1. The van der Waals surface area contributed by atoms with Gasteiger partial charge in [-0.15, -0.1) is 0 Å². The van der Waals surface area contributed by atoms with Gasteiger partial charge in [-0.05, 0) is 52.2 Å². The fourth-order valence-corrected chi connectivity index (χ4v) is 6.37. The number of rotatable bonds is 16. The van der Waals surface area contributed by atoms with Gasteiger partial charge in [0.15, 0.2) is 18.0 Å². The fraction of sp³-hybridized carbons (Fsp3) is 0.656. The molecule has 3 heterocycles. The van der Waals surface area contributed by atoms with E-state index in [-0.39, 0.29) is 17.6 Å². The number of anilines is 1. The zero-order valence-electron chi connectivity index (χ0n) is 30.0. The molecule has 2 aliphatic rings. The Hall–Kier alpha value is -4.34. The normalized spacial score (nSPS) is 23.4. The van der Waals surface area contributed by atoms with Crippen molar-refractivity contribution in [2.24, 2.45) is 11.8 Å². The van der Waals surface area contributed by atoms with Gasteiger partial charge in [0.2, 0.25) is 12.4 Å². The molecule has 52 heavy (non-hydrogen) atoms. The Labute approximate surface area is 300 Å². The monoisotopic (exact) mass is 752 g/mol. The Balaban J connectivity index is 1.71. The molecule has 1 aliphatic heterocycles. The zero-order chi connectivity index (χ0) is 38.4. The van der Waals surface area contributed by atoms with Crippen molar-refractivity contribution in [3.63, 3.8) is 0 Å². The molecular weight excluding hydrogens is 707 g/mol. The van der Waals surface area contributed by atoms with E-state index in [1.54, 1.807) is 41.5 Å². The van der Waals surface area contributed by atoms with Gasteiger partial charge in [-0.25, -0.2) is 23.9 Å². The van der Waals surface area contributed by atoms with Gasteiger partial charge in [-0.2, -0.15) is 10.4 Å². The lowest BCUT2D eigenvalue weighted by Crippen LogP contribution is -2.47. The minimum absolute atomic E-state index is 0.0377. The lowest BCUT2D eigenvalue weighted by molar-refractivity contribution is -0.173. The Bertz CT molecular complexity index is 1710. The first-order valence-corrected chi connectivity index (χ1v) is 18.3. The molecule has 4 rings (SSSR count). The highest BCUT2D eigenvalue weighted by Gasteiger charge is 2.63. The largest absolute Gasteiger partial charge is 0.510 e. The number of nitrogen functional groups attached to an aromatic ring is 1. The molecule has 1 saturated carbocycles. The summed E-state index contributed by atoms with van der Waals surface area (Å²) >= 11 is 0. The zero-order valence-corrected chi connectivity index (χ0v) is 30.9. The first kappa shape index (κ1) is 40.4. The first-order valence-electron chi connectivity index (χ1n) is 16.8. The molecule has 2 aromatic rings. The van der Waals surface area contributed by atoms with Gasteiger partial charge in [0, 0.05) is 0 Å². The number of carbonyl (C=O) groups is 4. The third kappa shape index (κ3) is 9.36. The quantitative estimate of drug-likeness (QED) is 0.108. The van der Waals surface area contributed by atoms with E-state index < -0.39 is 93.1 Å². The highest BCUT2D eigenvalue weighted by Crippen LogP contribution is 2.48. The molecule has 3 N–H and O–H groups in total. The van der Waals surface area contributed by atoms with E-state index in [1.807, 2.05) is 0 Å².